The molecule has 2 heterocycles. The first-order valence-corrected chi connectivity index (χ1v) is 9.88. The van der Waals surface area contributed by atoms with Crippen molar-refractivity contribution in [2.45, 2.75) is 24.3 Å². The summed E-state index contributed by atoms with van der Waals surface area (Å²) in [5.74, 6) is -4.60. The van der Waals surface area contributed by atoms with Gasteiger partial charge in [0.25, 0.3) is 0 Å². The highest BCUT2D eigenvalue weighted by Gasteiger charge is 2.21. The average molecular weight is 453 g/mol. The molecule has 3 aromatic rings. The molecular formula is C19H18F3N5O3S. The Bertz CT molecular complexity index is 1130. The molecule has 0 fully saturated rings. The Morgan fingerprint density at radius 2 is 1.94 bits per heavy atom. The van der Waals surface area contributed by atoms with Crippen LogP contribution in [0.5, 0.6) is 0 Å². The Labute approximate surface area is 179 Å². The first-order chi connectivity index (χ1) is 14.7. The monoisotopic (exact) mass is 453 g/mol. The molecule has 1 aromatic carbocycles. The molecule has 3 rings (SSSR count). The highest BCUT2D eigenvalue weighted by Crippen LogP contribution is 2.27. The fourth-order valence-corrected chi connectivity index (χ4v) is 3.45. The number of halogens is 3. The molecule has 0 aliphatic carbocycles. The standard InChI is InChI=1S/C19H18F3N5O3S/c1-9-11(6-7-30-9)17-25-26-19(27(17)3)31-10(2)18(29)23-8-14(28)24-13-5-4-12(20)15(21)16(13)22/h4-7,10H,8H2,1-3H3,(H,23,29)(H,24,28). The molecule has 1 unspecified atom stereocenters. The fraction of sp³-hybridized carbons (Fsp3) is 0.263. The number of hydrogen-bond donors (Lipinski definition) is 2. The fourth-order valence-electron chi connectivity index (χ4n) is 2.61. The van der Waals surface area contributed by atoms with Crippen LogP contribution in [0, 0.1) is 24.4 Å². The van der Waals surface area contributed by atoms with Crippen molar-refractivity contribution in [3.05, 3.63) is 47.7 Å². The minimum absolute atomic E-state index is 0.477. The summed E-state index contributed by atoms with van der Waals surface area (Å²) >= 11 is 1.13. The van der Waals surface area contributed by atoms with Crippen molar-refractivity contribution < 1.29 is 27.2 Å². The maximum absolute atomic E-state index is 13.6. The Kier molecular flexibility index (Phi) is 6.68. The summed E-state index contributed by atoms with van der Waals surface area (Å²) < 4.78 is 46.8. The summed E-state index contributed by atoms with van der Waals surface area (Å²) in [5.41, 5.74) is 0.252. The molecule has 0 aliphatic heterocycles. The number of aromatic nitrogens is 3. The molecule has 0 bridgehead atoms. The summed E-state index contributed by atoms with van der Waals surface area (Å²) in [6.07, 6.45) is 1.54. The number of furan rings is 1. The van der Waals surface area contributed by atoms with Gasteiger partial charge in [-0.15, -0.1) is 10.2 Å². The molecule has 8 nitrogen and oxygen atoms in total. The first kappa shape index (κ1) is 22.4. The number of carbonyl (C=O) groups is 2. The second-order valence-electron chi connectivity index (χ2n) is 6.50. The molecule has 2 amide bonds. The third kappa shape index (κ3) is 4.90. The molecule has 2 N–H and O–H groups in total. The largest absolute Gasteiger partial charge is 0.469 e. The van der Waals surface area contributed by atoms with Crippen LogP contribution in [0.4, 0.5) is 18.9 Å². The molecule has 12 heteroatoms. The minimum atomic E-state index is -1.69. The normalized spacial score (nSPS) is 11.9. The average Bonchev–Trinajstić information content (AvgIpc) is 3.31. The van der Waals surface area contributed by atoms with Crippen LogP contribution in [0.15, 0.2) is 34.0 Å². The third-order valence-corrected chi connectivity index (χ3v) is 5.45. The Morgan fingerprint density at radius 1 is 1.19 bits per heavy atom. The quantitative estimate of drug-likeness (QED) is 0.421. The van der Waals surface area contributed by atoms with Crippen molar-refractivity contribution in [3.8, 4) is 11.4 Å². The number of hydrogen-bond acceptors (Lipinski definition) is 6. The van der Waals surface area contributed by atoms with Crippen molar-refractivity contribution in [1.82, 2.24) is 20.1 Å². The Morgan fingerprint density at radius 3 is 2.61 bits per heavy atom. The molecule has 0 saturated heterocycles. The van der Waals surface area contributed by atoms with E-state index in [9.17, 15) is 22.8 Å². The van der Waals surface area contributed by atoms with Crippen molar-refractivity contribution in [1.29, 1.82) is 0 Å². The molecule has 0 radical (unpaired) electrons. The maximum atomic E-state index is 13.6. The molecule has 0 aliphatic rings. The van der Waals surface area contributed by atoms with Crippen LogP contribution < -0.4 is 10.6 Å². The molecule has 0 spiro atoms. The lowest BCUT2D eigenvalue weighted by atomic mass is 10.2. The van der Waals surface area contributed by atoms with E-state index < -0.39 is 46.7 Å². The van der Waals surface area contributed by atoms with Gasteiger partial charge in [-0.3, -0.25) is 9.59 Å². The summed E-state index contributed by atoms with van der Waals surface area (Å²) in [6, 6.07) is 3.34. The van der Waals surface area contributed by atoms with Gasteiger partial charge in [-0.25, -0.2) is 13.2 Å². The number of nitrogens with zero attached hydrogens (tertiary/aromatic N) is 3. The van der Waals surface area contributed by atoms with Crippen molar-refractivity contribution in [2.75, 3.05) is 11.9 Å². The van der Waals surface area contributed by atoms with Gasteiger partial charge in [0.05, 0.1) is 29.3 Å². The second kappa shape index (κ2) is 9.25. The zero-order valence-corrected chi connectivity index (χ0v) is 17.5. The van der Waals surface area contributed by atoms with Gasteiger partial charge in [0.15, 0.2) is 28.4 Å². The van der Waals surface area contributed by atoms with Crippen LogP contribution >= 0.6 is 11.8 Å². The number of amides is 2. The van der Waals surface area contributed by atoms with E-state index in [2.05, 4.69) is 20.8 Å². The van der Waals surface area contributed by atoms with E-state index in [1.807, 2.05) is 0 Å². The topological polar surface area (TPSA) is 102 Å². The van der Waals surface area contributed by atoms with Crippen LogP contribution in [0.3, 0.4) is 0 Å². The smallest absolute Gasteiger partial charge is 0.243 e. The van der Waals surface area contributed by atoms with E-state index in [-0.39, 0.29) is 0 Å². The Hall–Kier alpha value is -3.28. The first-order valence-electron chi connectivity index (χ1n) is 9.00. The summed E-state index contributed by atoms with van der Waals surface area (Å²) in [7, 11) is 1.75. The van der Waals surface area contributed by atoms with E-state index in [0.717, 1.165) is 23.4 Å². The molecule has 164 valence electrons. The number of nitrogens with one attached hydrogen (secondary N) is 2. The Balaban J connectivity index is 1.56. The van der Waals surface area contributed by atoms with E-state index in [0.29, 0.717) is 22.8 Å². The lowest BCUT2D eigenvalue weighted by Crippen LogP contribution is -2.37. The van der Waals surface area contributed by atoms with Crippen LogP contribution in [0.2, 0.25) is 0 Å². The highest BCUT2D eigenvalue weighted by atomic mass is 32.2. The number of anilines is 1. The van der Waals surface area contributed by atoms with Crippen LogP contribution in [-0.2, 0) is 16.6 Å². The van der Waals surface area contributed by atoms with Gasteiger partial charge < -0.3 is 19.6 Å². The minimum Gasteiger partial charge on any atom is -0.469 e. The predicted molar refractivity (Wildman–Crippen MR) is 107 cm³/mol. The lowest BCUT2D eigenvalue weighted by Gasteiger charge is -2.12. The van der Waals surface area contributed by atoms with Gasteiger partial charge >= 0.3 is 0 Å². The number of rotatable bonds is 7. The molecule has 0 saturated carbocycles. The summed E-state index contributed by atoms with van der Waals surface area (Å²) in [4.78, 5) is 24.2. The van der Waals surface area contributed by atoms with E-state index in [4.69, 9.17) is 4.42 Å². The lowest BCUT2D eigenvalue weighted by molar-refractivity contribution is -0.123. The van der Waals surface area contributed by atoms with Crippen molar-refractivity contribution in [3.63, 3.8) is 0 Å². The molecule has 1 atom stereocenters. The number of carbonyl (C=O) groups excluding carboxylic acids is 2. The van der Waals surface area contributed by atoms with Crippen LogP contribution in [0.25, 0.3) is 11.4 Å². The highest BCUT2D eigenvalue weighted by molar-refractivity contribution is 8.00. The van der Waals surface area contributed by atoms with Gasteiger partial charge in [-0.2, -0.15) is 0 Å². The predicted octanol–water partition coefficient (Wildman–Crippen LogP) is 3.04. The SMILES string of the molecule is Cc1occc1-c1nnc(SC(C)C(=O)NCC(=O)Nc2ccc(F)c(F)c2F)n1C. The van der Waals surface area contributed by atoms with Crippen molar-refractivity contribution in [2.24, 2.45) is 7.05 Å². The number of benzene rings is 1. The van der Waals surface area contributed by atoms with E-state index in [1.165, 1.54) is 0 Å². The van der Waals surface area contributed by atoms with E-state index >= 15 is 0 Å². The number of thioether (sulfide) groups is 1. The van der Waals surface area contributed by atoms with Gasteiger partial charge in [-0.1, -0.05) is 11.8 Å². The van der Waals surface area contributed by atoms with Crippen LogP contribution in [0.1, 0.15) is 12.7 Å². The number of aryl methyl sites for hydroxylation is 1. The van der Waals surface area contributed by atoms with Gasteiger partial charge in [0, 0.05) is 7.05 Å². The zero-order chi connectivity index (χ0) is 22.7. The molecule has 31 heavy (non-hydrogen) atoms. The van der Waals surface area contributed by atoms with Crippen molar-refractivity contribution >= 4 is 29.3 Å². The third-order valence-electron chi connectivity index (χ3n) is 4.32. The molecule has 2 aromatic heterocycles. The van der Waals surface area contributed by atoms with Crippen LogP contribution in [-0.4, -0.2) is 38.4 Å². The second-order valence-corrected chi connectivity index (χ2v) is 7.81. The van der Waals surface area contributed by atoms with Gasteiger partial charge in [-0.05, 0) is 32.0 Å². The maximum Gasteiger partial charge on any atom is 0.243 e. The summed E-state index contributed by atoms with van der Waals surface area (Å²) in [6.45, 7) is 2.93. The van der Waals surface area contributed by atoms with Gasteiger partial charge in [0.1, 0.15) is 5.76 Å². The zero-order valence-electron chi connectivity index (χ0n) is 16.7. The summed E-state index contributed by atoms with van der Waals surface area (Å²) in [5, 5.41) is 12.5. The van der Waals surface area contributed by atoms with Gasteiger partial charge in [0.2, 0.25) is 11.8 Å². The molecular weight excluding hydrogens is 435 g/mol. The van der Waals surface area contributed by atoms with E-state index in [1.54, 1.807) is 37.8 Å².